The number of hydrogen-bond donors (Lipinski definition) is 1. The Balaban J connectivity index is 2.25. The smallest absolute Gasteiger partial charge is 0.244 e. The molecule has 0 aromatic carbocycles. The van der Waals surface area contributed by atoms with Crippen LogP contribution in [0.3, 0.4) is 0 Å². The number of nitrogens with zero attached hydrogens (tertiary/aromatic N) is 2. The Kier molecular flexibility index (Phi) is 3.35. The van der Waals surface area contributed by atoms with Gasteiger partial charge in [0.25, 0.3) is 0 Å². The van der Waals surface area contributed by atoms with E-state index in [0.717, 1.165) is 12.8 Å². The van der Waals surface area contributed by atoms with E-state index in [9.17, 15) is 13.5 Å². The summed E-state index contributed by atoms with van der Waals surface area (Å²) in [5.41, 5.74) is 0. The van der Waals surface area contributed by atoms with Gasteiger partial charge in [-0.3, -0.25) is 4.98 Å². The highest BCUT2D eigenvalue weighted by Gasteiger charge is 2.28. The summed E-state index contributed by atoms with van der Waals surface area (Å²) in [6.07, 6.45) is 4.25. The molecule has 5 nitrogen and oxygen atoms in total. The predicted octanol–water partition coefficient (Wildman–Crippen LogP) is 1.21. The van der Waals surface area contributed by atoms with Crippen LogP contribution in [0.1, 0.15) is 19.8 Å². The fraction of sp³-hybridized carbons (Fsp3) is 0.545. The Hall–Kier alpha value is -1.14. The molecule has 0 aliphatic carbocycles. The lowest BCUT2D eigenvalue weighted by atomic mass is 10.0. The molecule has 1 saturated heterocycles. The van der Waals surface area contributed by atoms with Crippen molar-refractivity contribution in [1.29, 1.82) is 0 Å². The maximum absolute atomic E-state index is 12.2. The molecule has 0 unspecified atom stereocenters. The quantitative estimate of drug-likeness (QED) is 0.863. The highest BCUT2D eigenvalue weighted by atomic mass is 32.2. The number of aromatic hydroxyl groups is 1. The van der Waals surface area contributed by atoms with E-state index in [-0.39, 0.29) is 10.6 Å². The number of hydrogen-bond acceptors (Lipinski definition) is 4. The lowest BCUT2D eigenvalue weighted by Gasteiger charge is -2.29. The Morgan fingerprint density at radius 1 is 1.35 bits per heavy atom. The zero-order chi connectivity index (χ0) is 12.5. The zero-order valence-corrected chi connectivity index (χ0v) is 10.5. The van der Waals surface area contributed by atoms with Gasteiger partial charge in [-0.1, -0.05) is 6.92 Å². The second-order valence-corrected chi connectivity index (χ2v) is 6.40. The molecule has 0 spiro atoms. The van der Waals surface area contributed by atoms with Crippen molar-refractivity contribution in [3.05, 3.63) is 18.5 Å². The molecule has 0 bridgehead atoms. The van der Waals surface area contributed by atoms with E-state index in [1.807, 2.05) is 0 Å². The van der Waals surface area contributed by atoms with Crippen molar-refractivity contribution in [3.8, 4) is 5.75 Å². The van der Waals surface area contributed by atoms with Crippen LogP contribution in [0.25, 0.3) is 0 Å². The molecule has 1 fully saturated rings. The molecular formula is C11H16N2O3S. The van der Waals surface area contributed by atoms with Gasteiger partial charge in [0.1, 0.15) is 10.6 Å². The maximum atomic E-state index is 12.2. The number of aromatic nitrogens is 1. The second kappa shape index (κ2) is 4.62. The number of pyridine rings is 1. The van der Waals surface area contributed by atoms with Gasteiger partial charge < -0.3 is 5.11 Å². The van der Waals surface area contributed by atoms with Crippen LogP contribution >= 0.6 is 0 Å². The molecule has 0 amide bonds. The highest BCUT2D eigenvalue weighted by molar-refractivity contribution is 7.89. The zero-order valence-electron chi connectivity index (χ0n) is 9.70. The first kappa shape index (κ1) is 12.3. The van der Waals surface area contributed by atoms with Gasteiger partial charge in [-0.05, 0) is 18.8 Å². The standard InChI is InChI=1S/C11H16N2O3S/c1-9-2-4-13(5-3-9)17(15,16)11-6-10(14)7-12-8-11/h6-9,14H,2-5H2,1H3. The SMILES string of the molecule is CC1CCN(S(=O)(=O)c2cncc(O)c2)CC1. The molecule has 0 radical (unpaired) electrons. The third-order valence-corrected chi connectivity index (χ3v) is 4.94. The highest BCUT2D eigenvalue weighted by Crippen LogP contribution is 2.24. The van der Waals surface area contributed by atoms with Crippen molar-refractivity contribution < 1.29 is 13.5 Å². The predicted molar refractivity (Wildman–Crippen MR) is 63.1 cm³/mol. The van der Waals surface area contributed by atoms with Gasteiger partial charge in [0, 0.05) is 25.4 Å². The molecule has 6 heteroatoms. The van der Waals surface area contributed by atoms with E-state index in [4.69, 9.17) is 0 Å². The normalized spacial score (nSPS) is 19.4. The van der Waals surface area contributed by atoms with E-state index in [1.54, 1.807) is 0 Å². The monoisotopic (exact) mass is 256 g/mol. The van der Waals surface area contributed by atoms with E-state index in [2.05, 4.69) is 11.9 Å². The topological polar surface area (TPSA) is 70.5 Å². The van der Waals surface area contributed by atoms with Crippen molar-refractivity contribution >= 4 is 10.0 Å². The summed E-state index contributed by atoms with van der Waals surface area (Å²) in [5.74, 6) is 0.445. The van der Waals surface area contributed by atoms with E-state index in [1.165, 1.54) is 22.8 Å². The van der Waals surface area contributed by atoms with Crippen LogP contribution in [0.4, 0.5) is 0 Å². The van der Waals surface area contributed by atoms with Gasteiger partial charge in [-0.25, -0.2) is 8.42 Å². The lowest BCUT2D eigenvalue weighted by Crippen LogP contribution is -2.37. The minimum atomic E-state index is -3.50. The number of rotatable bonds is 2. The summed E-state index contributed by atoms with van der Waals surface area (Å²) >= 11 is 0. The lowest BCUT2D eigenvalue weighted by molar-refractivity contribution is 0.288. The van der Waals surface area contributed by atoms with Crippen molar-refractivity contribution in [3.63, 3.8) is 0 Å². The van der Waals surface area contributed by atoms with Crippen LogP contribution in [0.5, 0.6) is 5.75 Å². The molecule has 2 heterocycles. The first-order valence-electron chi connectivity index (χ1n) is 5.64. The van der Waals surface area contributed by atoms with Gasteiger partial charge in [0.2, 0.25) is 10.0 Å². The van der Waals surface area contributed by atoms with Crippen LogP contribution in [-0.4, -0.2) is 35.9 Å². The first-order chi connectivity index (χ1) is 8.00. The van der Waals surface area contributed by atoms with Crippen molar-refractivity contribution in [1.82, 2.24) is 9.29 Å². The van der Waals surface area contributed by atoms with E-state index >= 15 is 0 Å². The third kappa shape index (κ3) is 2.58. The van der Waals surface area contributed by atoms with Crippen LogP contribution in [-0.2, 0) is 10.0 Å². The molecular weight excluding hydrogens is 240 g/mol. The summed E-state index contributed by atoms with van der Waals surface area (Å²) in [4.78, 5) is 3.77. The largest absolute Gasteiger partial charge is 0.506 e. The van der Waals surface area contributed by atoms with Gasteiger partial charge in [0.15, 0.2) is 0 Å². The van der Waals surface area contributed by atoms with Gasteiger partial charge in [-0.15, -0.1) is 0 Å². The number of piperidine rings is 1. The minimum absolute atomic E-state index is 0.0621. The molecule has 0 atom stereocenters. The molecule has 1 N–H and O–H groups in total. The summed E-state index contributed by atoms with van der Waals surface area (Å²) in [6, 6.07) is 1.24. The maximum Gasteiger partial charge on any atom is 0.244 e. The van der Waals surface area contributed by atoms with Crippen molar-refractivity contribution in [2.24, 2.45) is 5.92 Å². The fourth-order valence-electron chi connectivity index (χ4n) is 1.92. The first-order valence-corrected chi connectivity index (χ1v) is 7.08. The average Bonchev–Trinajstić information content (AvgIpc) is 2.29. The summed E-state index contributed by atoms with van der Waals surface area (Å²) < 4.78 is 25.9. The van der Waals surface area contributed by atoms with Crippen LogP contribution < -0.4 is 0 Å². The molecule has 1 aromatic heterocycles. The van der Waals surface area contributed by atoms with Crippen molar-refractivity contribution in [2.75, 3.05) is 13.1 Å². The van der Waals surface area contributed by atoms with Crippen molar-refractivity contribution in [2.45, 2.75) is 24.7 Å². The Morgan fingerprint density at radius 2 is 2.00 bits per heavy atom. The van der Waals surface area contributed by atoms with Crippen LogP contribution in [0.2, 0.25) is 0 Å². The van der Waals surface area contributed by atoms with Crippen LogP contribution in [0.15, 0.2) is 23.4 Å². The molecule has 94 valence electrons. The molecule has 1 aliphatic heterocycles. The summed E-state index contributed by atoms with van der Waals surface area (Å²) in [6.45, 7) is 3.21. The summed E-state index contributed by atoms with van der Waals surface area (Å²) in [5, 5.41) is 9.27. The number of sulfonamides is 1. The molecule has 2 rings (SSSR count). The Morgan fingerprint density at radius 3 is 2.59 bits per heavy atom. The summed E-state index contributed by atoms with van der Waals surface area (Å²) in [7, 11) is -3.50. The van der Waals surface area contributed by atoms with Gasteiger partial charge in [-0.2, -0.15) is 4.31 Å². The minimum Gasteiger partial charge on any atom is -0.506 e. The molecule has 1 aromatic rings. The third-order valence-electron chi connectivity index (χ3n) is 3.08. The second-order valence-electron chi connectivity index (χ2n) is 4.47. The Labute approximate surface area is 101 Å². The molecule has 0 saturated carbocycles. The fourth-order valence-corrected chi connectivity index (χ4v) is 3.38. The van der Waals surface area contributed by atoms with Gasteiger partial charge in [0.05, 0.1) is 6.20 Å². The van der Waals surface area contributed by atoms with Crippen LogP contribution in [0, 0.1) is 5.92 Å². The molecule has 17 heavy (non-hydrogen) atoms. The molecule has 1 aliphatic rings. The van der Waals surface area contributed by atoms with E-state index in [0.29, 0.717) is 19.0 Å². The Bertz CT molecular complexity index is 493. The van der Waals surface area contributed by atoms with Gasteiger partial charge >= 0.3 is 0 Å². The van der Waals surface area contributed by atoms with E-state index < -0.39 is 10.0 Å². The average molecular weight is 256 g/mol.